The van der Waals surface area contributed by atoms with Crippen molar-refractivity contribution in [3.63, 3.8) is 0 Å². The molecule has 0 unspecified atom stereocenters. The van der Waals surface area contributed by atoms with Crippen molar-refractivity contribution in [1.29, 1.82) is 0 Å². The molecule has 9 heteroatoms. The van der Waals surface area contributed by atoms with Gasteiger partial charge in [0.1, 0.15) is 5.70 Å². The summed E-state index contributed by atoms with van der Waals surface area (Å²) in [5, 5.41) is 13.4. The van der Waals surface area contributed by atoms with Crippen molar-refractivity contribution < 1.29 is 24.0 Å². The molecule has 1 N–H and O–H groups in total. The number of rotatable bonds is 2. The summed E-state index contributed by atoms with van der Waals surface area (Å²) < 4.78 is 10.2. The van der Waals surface area contributed by atoms with Gasteiger partial charge in [0.25, 0.3) is 11.6 Å². The maximum atomic E-state index is 11.8. The topological polar surface area (TPSA) is 111 Å². The first-order valence-corrected chi connectivity index (χ1v) is 5.86. The first-order chi connectivity index (χ1) is 9.97. The number of fused-ring (bicyclic) bond motifs is 1. The number of urea groups is 1. The molecule has 9 nitrogen and oxygen atoms in total. The van der Waals surface area contributed by atoms with E-state index in [1.54, 1.807) is 0 Å². The lowest BCUT2D eigenvalue weighted by Crippen LogP contribution is -2.25. The predicted molar refractivity (Wildman–Crippen MR) is 68.5 cm³/mol. The second-order valence-electron chi connectivity index (χ2n) is 4.37. The van der Waals surface area contributed by atoms with Crippen LogP contribution in [-0.4, -0.2) is 35.6 Å². The van der Waals surface area contributed by atoms with Gasteiger partial charge in [-0.2, -0.15) is 0 Å². The summed E-state index contributed by atoms with van der Waals surface area (Å²) >= 11 is 0. The van der Waals surface area contributed by atoms with Crippen LogP contribution >= 0.6 is 0 Å². The average molecular weight is 291 g/mol. The highest BCUT2D eigenvalue weighted by Gasteiger charge is 2.31. The minimum Gasteiger partial charge on any atom is -0.454 e. The lowest BCUT2D eigenvalue weighted by atomic mass is 10.1. The molecular formula is C12H9N3O6. The van der Waals surface area contributed by atoms with E-state index in [4.69, 9.17) is 9.47 Å². The lowest BCUT2D eigenvalue weighted by molar-refractivity contribution is -0.385. The Labute approximate surface area is 117 Å². The van der Waals surface area contributed by atoms with Crippen LogP contribution in [0.4, 0.5) is 10.5 Å². The van der Waals surface area contributed by atoms with E-state index in [1.165, 1.54) is 25.3 Å². The van der Waals surface area contributed by atoms with Crippen LogP contribution in [0, 0.1) is 10.1 Å². The van der Waals surface area contributed by atoms with Crippen LogP contribution in [0.2, 0.25) is 0 Å². The van der Waals surface area contributed by atoms with Crippen LogP contribution in [-0.2, 0) is 4.79 Å². The number of hydrogen-bond acceptors (Lipinski definition) is 6. The average Bonchev–Trinajstić information content (AvgIpc) is 2.98. The molecule has 0 saturated carbocycles. The van der Waals surface area contributed by atoms with Crippen LogP contribution in [0.1, 0.15) is 5.56 Å². The number of imide groups is 1. The maximum absolute atomic E-state index is 11.8. The lowest BCUT2D eigenvalue weighted by Gasteiger charge is -2.02. The molecule has 1 saturated heterocycles. The third kappa shape index (κ3) is 2.04. The quantitative estimate of drug-likeness (QED) is 0.374. The van der Waals surface area contributed by atoms with Crippen molar-refractivity contribution in [1.82, 2.24) is 10.2 Å². The largest absolute Gasteiger partial charge is 0.454 e. The Balaban J connectivity index is 2.08. The fraction of sp³-hybridized carbons (Fsp3) is 0.167. The molecule has 0 aromatic heterocycles. The van der Waals surface area contributed by atoms with Gasteiger partial charge in [-0.05, 0) is 12.1 Å². The monoisotopic (exact) mass is 291 g/mol. The van der Waals surface area contributed by atoms with Crippen LogP contribution in [0.5, 0.6) is 11.5 Å². The molecule has 21 heavy (non-hydrogen) atoms. The Morgan fingerprint density at radius 2 is 2.00 bits per heavy atom. The van der Waals surface area contributed by atoms with Crippen molar-refractivity contribution in [2.24, 2.45) is 0 Å². The molecule has 2 heterocycles. The number of nitro groups is 1. The fourth-order valence-electron chi connectivity index (χ4n) is 2.00. The van der Waals surface area contributed by atoms with Gasteiger partial charge in [-0.25, -0.2) is 4.79 Å². The van der Waals surface area contributed by atoms with E-state index in [2.05, 4.69) is 5.32 Å². The molecule has 0 bridgehead atoms. The molecule has 108 valence electrons. The Morgan fingerprint density at radius 1 is 1.33 bits per heavy atom. The molecule has 0 radical (unpaired) electrons. The maximum Gasteiger partial charge on any atom is 0.328 e. The molecule has 3 rings (SSSR count). The Hall–Kier alpha value is -3.10. The molecule has 2 aliphatic rings. The Morgan fingerprint density at radius 3 is 2.57 bits per heavy atom. The van der Waals surface area contributed by atoms with Crippen molar-refractivity contribution in [3.8, 4) is 11.5 Å². The molecule has 0 atom stereocenters. The number of nitrogens with one attached hydrogen (secondary N) is 1. The number of nitrogens with zero attached hydrogens (tertiary/aromatic N) is 2. The second-order valence-corrected chi connectivity index (χ2v) is 4.37. The van der Waals surface area contributed by atoms with Crippen molar-refractivity contribution in [2.75, 3.05) is 13.8 Å². The van der Waals surface area contributed by atoms with Crippen LogP contribution in [0.15, 0.2) is 17.8 Å². The molecular weight excluding hydrogens is 282 g/mol. The number of ether oxygens (including phenoxy) is 2. The van der Waals surface area contributed by atoms with Gasteiger partial charge in [0.15, 0.2) is 11.5 Å². The van der Waals surface area contributed by atoms with Crippen LogP contribution < -0.4 is 14.8 Å². The summed E-state index contributed by atoms with van der Waals surface area (Å²) in [6.45, 7) is -0.0229. The highest BCUT2D eigenvalue weighted by Crippen LogP contribution is 2.38. The summed E-state index contributed by atoms with van der Waals surface area (Å²) in [6.07, 6.45) is 1.24. The number of nitro benzene ring substituents is 1. The van der Waals surface area contributed by atoms with E-state index >= 15 is 0 Å². The minimum atomic E-state index is -0.598. The van der Waals surface area contributed by atoms with Gasteiger partial charge >= 0.3 is 6.03 Å². The van der Waals surface area contributed by atoms with E-state index in [-0.39, 0.29) is 29.5 Å². The van der Waals surface area contributed by atoms with Gasteiger partial charge < -0.3 is 14.8 Å². The molecule has 2 aliphatic heterocycles. The fourth-order valence-corrected chi connectivity index (χ4v) is 2.00. The Bertz CT molecular complexity index is 711. The van der Waals surface area contributed by atoms with Crippen molar-refractivity contribution >= 4 is 23.7 Å². The zero-order valence-corrected chi connectivity index (χ0v) is 10.8. The summed E-state index contributed by atoms with van der Waals surface area (Å²) in [5.74, 6) is 0.0484. The van der Waals surface area contributed by atoms with Gasteiger partial charge in [0.05, 0.1) is 16.6 Å². The van der Waals surface area contributed by atoms with E-state index in [0.717, 1.165) is 4.90 Å². The van der Waals surface area contributed by atoms with Gasteiger partial charge in [-0.1, -0.05) is 0 Å². The minimum absolute atomic E-state index is 0.0229. The van der Waals surface area contributed by atoms with E-state index in [0.29, 0.717) is 5.75 Å². The first kappa shape index (κ1) is 12.9. The van der Waals surface area contributed by atoms with E-state index < -0.39 is 16.9 Å². The van der Waals surface area contributed by atoms with Gasteiger partial charge in [0.2, 0.25) is 6.79 Å². The van der Waals surface area contributed by atoms with E-state index in [1.807, 2.05) is 0 Å². The SMILES string of the molecule is CN1C(=O)N/C(=C\c2cc3c(cc2[N+](=O)[O-])OCO3)C1=O. The standard InChI is InChI=1S/C12H9N3O6/c1-14-11(16)7(13-12(14)17)2-6-3-9-10(21-5-20-9)4-8(6)15(18)19/h2-4H,5H2,1H3,(H,13,17)/b7-2-. The molecule has 1 aromatic rings. The second kappa shape index (κ2) is 4.47. The smallest absolute Gasteiger partial charge is 0.328 e. The zero-order chi connectivity index (χ0) is 15.1. The van der Waals surface area contributed by atoms with Crippen LogP contribution in [0.3, 0.4) is 0 Å². The molecule has 0 aliphatic carbocycles. The molecule has 1 fully saturated rings. The number of carbonyl (C=O) groups excluding carboxylic acids is 2. The third-order valence-electron chi connectivity index (χ3n) is 3.10. The Kier molecular flexibility index (Phi) is 2.75. The highest BCUT2D eigenvalue weighted by molar-refractivity contribution is 6.13. The molecule has 3 amide bonds. The van der Waals surface area contributed by atoms with Crippen LogP contribution in [0.25, 0.3) is 6.08 Å². The normalized spacial score (nSPS) is 18.3. The number of amides is 3. The molecule has 1 aromatic carbocycles. The summed E-state index contributed by atoms with van der Waals surface area (Å²) in [6, 6.07) is 2.03. The number of likely N-dealkylation sites (N-methyl/N-ethyl adjacent to an activating group) is 1. The summed E-state index contributed by atoms with van der Waals surface area (Å²) in [5.41, 5.74) is -0.143. The number of hydrogen-bond donors (Lipinski definition) is 1. The highest BCUT2D eigenvalue weighted by atomic mass is 16.7. The van der Waals surface area contributed by atoms with Gasteiger partial charge in [-0.3, -0.25) is 19.8 Å². The predicted octanol–water partition coefficient (Wildman–Crippen LogP) is 0.846. The van der Waals surface area contributed by atoms with Crippen molar-refractivity contribution in [2.45, 2.75) is 0 Å². The third-order valence-corrected chi connectivity index (χ3v) is 3.10. The zero-order valence-electron chi connectivity index (χ0n) is 10.8. The summed E-state index contributed by atoms with van der Waals surface area (Å²) in [7, 11) is 1.31. The van der Waals surface area contributed by atoms with Gasteiger partial charge in [0, 0.05) is 7.05 Å². The number of benzene rings is 1. The first-order valence-electron chi connectivity index (χ1n) is 5.86. The van der Waals surface area contributed by atoms with E-state index in [9.17, 15) is 19.7 Å². The number of carbonyl (C=O) groups is 2. The summed E-state index contributed by atoms with van der Waals surface area (Å²) in [4.78, 5) is 34.5. The van der Waals surface area contributed by atoms with Gasteiger partial charge in [-0.15, -0.1) is 0 Å². The van der Waals surface area contributed by atoms with Crippen molar-refractivity contribution in [3.05, 3.63) is 33.5 Å². The molecule has 0 spiro atoms.